The van der Waals surface area contributed by atoms with Crippen LogP contribution in [0.4, 0.5) is 0 Å². The molecule has 5 heteroatoms. The van der Waals surface area contributed by atoms with Crippen molar-refractivity contribution in [3.8, 4) is 5.75 Å². The molecule has 1 aliphatic heterocycles. The van der Waals surface area contributed by atoms with Crippen molar-refractivity contribution in [2.24, 2.45) is 5.92 Å². The Morgan fingerprint density at radius 1 is 1.21 bits per heavy atom. The van der Waals surface area contributed by atoms with Crippen molar-refractivity contribution in [3.63, 3.8) is 0 Å². The number of benzene rings is 1. The molecule has 1 aromatic heterocycles. The molecule has 29 heavy (non-hydrogen) atoms. The van der Waals surface area contributed by atoms with E-state index < -0.39 is 0 Å². The third-order valence-electron chi connectivity index (χ3n) is 6.77. The summed E-state index contributed by atoms with van der Waals surface area (Å²) >= 11 is 0. The number of methoxy groups -OCH3 is 1. The van der Waals surface area contributed by atoms with E-state index in [-0.39, 0.29) is 5.91 Å². The summed E-state index contributed by atoms with van der Waals surface area (Å²) in [5.74, 6) is 3.73. The third-order valence-corrected chi connectivity index (χ3v) is 6.77. The van der Waals surface area contributed by atoms with E-state index in [2.05, 4.69) is 11.5 Å². The molecule has 2 fully saturated rings. The Balaban J connectivity index is 1.25. The zero-order chi connectivity index (χ0) is 20.2. The van der Waals surface area contributed by atoms with Crippen LogP contribution in [0.2, 0.25) is 0 Å². The fraction of sp³-hybridized carbons (Fsp3) is 0.583. The predicted molar refractivity (Wildman–Crippen MR) is 114 cm³/mol. The molecule has 2 heterocycles. The smallest absolute Gasteiger partial charge is 0.226 e. The summed E-state index contributed by atoms with van der Waals surface area (Å²) in [6.45, 7) is 5.01. The van der Waals surface area contributed by atoms with E-state index in [1.165, 1.54) is 37.2 Å². The number of carbonyl (C=O) groups excluding carboxylic acids is 1. The number of rotatable bonds is 7. The van der Waals surface area contributed by atoms with Gasteiger partial charge in [-0.1, -0.05) is 18.6 Å². The molecule has 0 atom stereocenters. The van der Waals surface area contributed by atoms with Gasteiger partial charge in [-0.15, -0.1) is 0 Å². The molecular weight excluding hydrogens is 362 g/mol. The lowest BCUT2D eigenvalue weighted by Crippen LogP contribution is -2.39. The number of aromatic nitrogens is 2. The van der Waals surface area contributed by atoms with Crippen molar-refractivity contribution in [3.05, 3.63) is 47.5 Å². The van der Waals surface area contributed by atoms with Gasteiger partial charge in [-0.2, -0.15) is 0 Å². The van der Waals surface area contributed by atoms with Crippen LogP contribution < -0.4 is 4.74 Å². The van der Waals surface area contributed by atoms with Crippen LogP contribution in [0, 0.1) is 12.8 Å². The number of nitrogens with zero attached hydrogens (tertiary/aromatic N) is 3. The van der Waals surface area contributed by atoms with Gasteiger partial charge in [0.25, 0.3) is 0 Å². The van der Waals surface area contributed by atoms with Crippen LogP contribution in [0.5, 0.6) is 5.75 Å². The minimum absolute atomic E-state index is 0.231. The SMILES string of the molecule is COc1cccc(CC(=O)N2CCC(CCn3c(C)cnc3C3CCC3)CC2)c1. The average Bonchev–Trinajstić information content (AvgIpc) is 3.05. The Morgan fingerprint density at radius 3 is 2.69 bits per heavy atom. The van der Waals surface area contributed by atoms with Gasteiger partial charge >= 0.3 is 0 Å². The van der Waals surface area contributed by atoms with E-state index in [0.29, 0.717) is 18.3 Å². The number of amides is 1. The maximum Gasteiger partial charge on any atom is 0.226 e. The highest BCUT2D eigenvalue weighted by Crippen LogP contribution is 2.36. The van der Waals surface area contributed by atoms with Gasteiger partial charge in [-0.05, 0) is 62.6 Å². The second-order valence-electron chi connectivity index (χ2n) is 8.68. The number of likely N-dealkylation sites (tertiary alicyclic amines) is 1. The number of hydrogen-bond acceptors (Lipinski definition) is 3. The van der Waals surface area contributed by atoms with Crippen LogP contribution in [-0.2, 0) is 17.8 Å². The van der Waals surface area contributed by atoms with E-state index in [9.17, 15) is 4.79 Å². The Hall–Kier alpha value is -2.30. The second kappa shape index (κ2) is 9.02. The largest absolute Gasteiger partial charge is 0.497 e. The van der Waals surface area contributed by atoms with Crippen LogP contribution in [0.25, 0.3) is 0 Å². The first-order valence-electron chi connectivity index (χ1n) is 11.1. The highest BCUT2D eigenvalue weighted by molar-refractivity contribution is 5.79. The Bertz CT molecular complexity index is 832. The first-order chi connectivity index (χ1) is 14.1. The summed E-state index contributed by atoms with van der Waals surface area (Å²) < 4.78 is 7.71. The van der Waals surface area contributed by atoms with Crippen LogP contribution in [0.15, 0.2) is 30.5 Å². The minimum Gasteiger partial charge on any atom is -0.497 e. The molecule has 1 amide bonds. The summed E-state index contributed by atoms with van der Waals surface area (Å²) in [5.41, 5.74) is 2.31. The first-order valence-corrected chi connectivity index (χ1v) is 11.1. The lowest BCUT2D eigenvalue weighted by molar-refractivity contribution is -0.131. The van der Waals surface area contributed by atoms with Gasteiger partial charge in [0.1, 0.15) is 11.6 Å². The molecule has 2 aliphatic rings. The topological polar surface area (TPSA) is 47.4 Å². The van der Waals surface area contributed by atoms with Crippen molar-refractivity contribution in [1.29, 1.82) is 0 Å². The van der Waals surface area contributed by atoms with E-state index in [1.807, 2.05) is 35.4 Å². The summed E-state index contributed by atoms with van der Waals surface area (Å²) in [7, 11) is 1.66. The van der Waals surface area contributed by atoms with Gasteiger partial charge in [0.15, 0.2) is 0 Å². The van der Waals surface area contributed by atoms with Crippen molar-refractivity contribution in [2.45, 2.75) is 64.3 Å². The van der Waals surface area contributed by atoms with E-state index >= 15 is 0 Å². The Kier molecular flexibility index (Phi) is 6.22. The van der Waals surface area contributed by atoms with Crippen molar-refractivity contribution in [2.75, 3.05) is 20.2 Å². The van der Waals surface area contributed by atoms with Gasteiger partial charge in [0, 0.05) is 37.4 Å². The molecule has 4 rings (SSSR count). The zero-order valence-electron chi connectivity index (χ0n) is 17.8. The van der Waals surface area contributed by atoms with Gasteiger partial charge in [-0.25, -0.2) is 4.98 Å². The van der Waals surface area contributed by atoms with E-state index in [4.69, 9.17) is 9.72 Å². The maximum atomic E-state index is 12.7. The molecule has 2 aromatic rings. The summed E-state index contributed by atoms with van der Waals surface area (Å²) in [4.78, 5) is 19.4. The van der Waals surface area contributed by atoms with Gasteiger partial charge in [0.05, 0.1) is 13.5 Å². The highest BCUT2D eigenvalue weighted by Gasteiger charge is 2.26. The molecule has 1 saturated carbocycles. The summed E-state index contributed by atoms with van der Waals surface area (Å²) in [5, 5.41) is 0. The Morgan fingerprint density at radius 2 is 2.00 bits per heavy atom. The van der Waals surface area contributed by atoms with Crippen molar-refractivity contribution in [1.82, 2.24) is 14.5 Å². The molecule has 0 spiro atoms. The summed E-state index contributed by atoms with van der Waals surface area (Å²) in [6, 6.07) is 7.82. The normalized spacial score (nSPS) is 17.9. The number of carbonyl (C=O) groups is 1. The molecule has 156 valence electrons. The minimum atomic E-state index is 0.231. The number of aryl methyl sites for hydroxylation is 1. The fourth-order valence-corrected chi connectivity index (χ4v) is 4.61. The van der Waals surface area contributed by atoms with Crippen molar-refractivity contribution >= 4 is 5.91 Å². The molecule has 0 unspecified atom stereocenters. The maximum absolute atomic E-state index is 12.7. The van der Waals surface area contributed by atoms with Gasteiger partial charge < -0.3 is 14.2 Å². The fourth-order valence-electron chi connectivity index (χ4n) is 4.61. The zero-order valence-corrected chi connectivity index (χ0v) is 17.8. The van der Waals surface area contributed by atoms with Crippen LogP contribution in [0.3, 0.4) is 0 Å². The van der Waals surface area contributed by atoms with Crippen LogP contribution in [0.1, 0.15) is 61.5 Å². The highest BCUT2D eigenvalue weighted by atomic mass is 16.5. The second-order valence-corrected chi connectivity index (χ2v) is 8.68. The summed E-state index contributed by atoms with van der Waals surface area (Å²) in [6.07, 6.45) is 9.84. The van der Waals surface area contributed by atoms with Gasteiger partial charge in [0.2, 0.25) is 5.91 Å². The quantitative estimate of drug-likeness (QED) is 0.701. The molecule has 1 aromatic carbocycles. The number of hydrogen-bond donors (Lipinski definition) is 0. The molecule has 0 bridgehead atoms. The molecule has 0 radical (unpaired) electrons. The average molecular weight is 396 g/mol. The molecule has 1 saturated heterocycles. The standard InChI is InChI=1S/C24H33N3O2/c1-18-17-25-24(21-6-4-7-21)27(18)14-11-19-9-12-26(13-10-19)23(28)16-20-5-3-8-22(15-20)29-2/h3,5,8,15,17,19,21H,4,6-7,9-14,16H2,1-2H3. The first kappa shape index (κ1) is 20.0. The predicted octanol–water partition coefficient (Wildman–Crippen LogP) is 4.34. The van der Waals surface area contributed by atoms with Gasteiger partial charge in [-0.3, -0.25) is 4.79 Å². The molecule has 0 N–H and O–H groups in total. The number of piperidine rings is 1. The van der Waals surface area contributed by atoms with Crippen molar-refractivity contribution < 1.29 is 9.53 Å². The van der Waals surface area contributed by atoms with Crippen LogP contribution >= 0.6 is 0 Å². The van der Waals surface area contributed by atoms with E-state index in [0.717, 1.165) is 43.8 Å². The number of imidazole rings is 1. The van der Waals surface area contributed by atoms with E-state index in [1.54, 1.807) is 7.11 Å². The Labute approximate surface area is 174 Å². The number of ether oxygens (including phenoxy) is 1. The third kappa shape index (κ3) is 4.65. The van der Waals surface area contributed by atoms with Crippen LogP contribution in [-0.4, -0.2) is 40.6 Å². The molecular formula is C24H33N3O2. The molecule has 1 aliphatic carbocycles. The monoisotopic (exact) mass is 395 g/mol. The lowest BCUT2D eigenvalue weighted by atomic mass is 9.84. The molecule has 5 nitrogen and oxygen atoms in total. The lowest BCUT2D eigenvalue weighted by Gasteiger charge is -2.33.